The van der Waals surface area contributed by atoms with Gasteiger partial charge in [0.2, 0.25) is 6.79 Å². The van der Waals surface area contributed by atoms with Crippen molar-refractivity contribution in [1.82, 2.24) is 10.3 Å². The maximum absolute atomic E-state index is 13.2. The van der Waals surface area contributed by atoms with Crippen molar-refractivity contribution in [1.29, 1.82) is 0 Å². The summed E-state index contributed by atoms with van der Waals surface area (Å²) < 4.78 is 34.2. The average molecular weight is 531 g/mol. The molecule has 4 atom stereocenters. The van der Waals surface area contributed by atoms with E-state index in [1.165, 1.54) is 14.0 Å². The molecule has 1 fully saturated rings. The van der Waals surface area contributed by atoms with Crippen LogP contribution in [0.25, 0.3) is 0 Å². The first-order valence-corrected chi connectivity index (χ1v) is 13.0. The predicted octanol–water partition coefficient (Wildman–Crippen LogP) is 3.81. The summed E-state index contributed by atoms with van der Waals surface area (Å²) in [5.74, 6) is 0.684. The molecule has 2 heterocycles. The van der Waals surface area contributed by atoms with Crippen molar-refractivity contribution in [2.45, 2.75) is 77.4 Å². The van der Waals surface area contributed by atoms with E-state index in [1.54, 1.807) is 12.3 Å². The van der Waals surface area contributed by atoms with Gasteiger partial charge in [0.25, 0.3) is 0 Å². The van der Waals surface area contributed by atoms with Gasteiger partial charge in [0, 0.05) is 32.3 Å². The molecule has 2 aromatic rings. The number of pyridine rings is 1. The monoisotopic (exact) mass is 530 g/mol. The number of rotatable bonds is 12. The van der Waals surface area contributed by atoms with E-state index in [0.717, 1.165) is 12.2 Å². The fourth-order valence-electron chi connectivity index (χ4n) is 4.23. The van der Waals surface area contributed by atoms with Crippen molar-refractivity contribution in [2.24, 2.45) is 0 Å². The minimum Gasteiger partial charge on any atom is -0.493 e. The number of benzene rings is 1. The number of carbonyl (C=O) groups excluding carboxylic acids is 2. The van der Waals surface area contributed by atoms with Crippen molar-refractivity contribution in [3.8, 4) is 17.2 Å². The molecule has 1 aromatic heterocycles. The second-order valence-corrected chi connectivity index (χ2v) is 9.00. The molecule has 1 aromatic carbocycles. The molecule has 0 saturated carbocycles. The van der Waals surface area contributed by atoms with E-state index in [-0.39, 0.29) is 25.4 Å². The molecule has 38 heavy (non-hydrogen) atoms. The molecule has 208 valence electrons. The van der Waals surface area contributed by atoms with Gasteiger partial charge in [-0.2, -0.15) is 0 Å². The molecular weight excluding hydrogens is 492 g/mol. The number of ether oxygens (including phenoxy) is 6. The third-order valence-corrected chi connectivity index (χ3v) is 6.09. The van der Waals surface area contributed by atoms with Gasteiger partial charge in [0.15, 0.2) is 11.5 Å². The van der Waals surface area contributed by atoms with Crippen LogP contribution < -0.4 is 19.5 Å². The Bertz CT molecular complexity index is 1020. The lowest BCUT2D eigenvalue weighted by atomic mass is 10.0. The minimum atomic E-state index is -0.575. The molecule has 10 heteroatoms. The van der Waals surface area contributed by atoms with E-state index < -0.39 is 24.2 Å². The van der Waals surface area contributed by atoms with Crippen molar-refractivity contribution >= 4 is 11.9 Å². The molecule has 1 aliphatic rings. The average Bonchev–Trinajstić information content (AvgIpc) is 2.95. The highest BCUT2D eigenvalue weighted by Crippen LogP contribution is 2.30. The molecule has 0 aliphatic carbocycles. The van der Waals surface area contributed by atoms with Gasteiger partial charge in [0.05, 0.1) is 7.11 Å². The quantitative estimate of drug-likeness (QED) is 0.321. The molecular formula is C28H38N2O8. The normalized spacial score (nSPS) is 21.8. The van der Waals surface area contributed by atoms with Gasteiger partial charge in [-0.1, -0.05) is 25.1 Å². The summed E-state index contributed by atoms with van der Waals surface area (Å²) in [6.07, 6.45) is 3.18. The van der Waals surface area contributed by atoms with Crippen LogP contribution in [0.3, 0.4) is 0 Å². The number of cyclic esters (lactones) is 1. The van der Waals surface area contributed by atoms with Crippen molar-refractivity contribution in [3.63, 3.8) is 0 Å². The van der Waals surface area contributed by atoms with E-state index in [0.29, 0.717) is 43.1 Å². The number of methoxy groups -OCH3 is 1. The number of hydrogen-bond acceptors (Lipinski definition) is 10. The lowest BCUT2D eigenvalue weighted by Gasteiger charge is -2.31. The first kappa shape index (κ1) is 29.2. The van der Waals surface area contributed by atoms with Gasteiger partial charge in [-0.25, -0.2) is 0 Å². The van der Waals surface area contributed by atoms with Crippen LogP contribution in [0.5, 0.6) is 17.2 Å². The van der Waals surface area contributed by atoms with Crippen LogP contribution >= 0.6 is 0 Å². The molecule has 1 aliphatic heterocycles. The summed E-state index contributed by atoms with van der Waals surface area (Å²) in [5.41, 5.74) is 0.506. The zero-order valence-electron chi connectivity index (χ0n) is 22.5. The van der Waals surface area contributed by atoms with Crippen LogP contribution in [0.15, 0.2) is 42.6 Å². The lowest BCUT2D eigenvalue weighted by Crippen LogP contribution is -2.45. The molecule has 10 nitrogen and oxygen atoms in total. The van der Waals surface area contributed by atoms with Crippen molar-refractivity contribution in [2.75, 3.05) is 20.5 Å². The Labute approximate surface area is 223 Å². The van der Waals surface area contributed by atoms with Crippen molar-refractivity contribution in [3.05, 3.63) is 48.3 Å². The smallest absolute Gasteiger partial charge is 0.323 e. The lowest BCUT2D eigenvalue weighted by molar-refractivity contribution is -0.163. The van der Waals surface area contributed by atoms with Crippen LogP contribution in [0, 0.1) is 0 Å². The Morgan fingerprint density at radius 2 is 1.97 bits per heavy atom. The van der Waals surface area contributed by atoms with Gasteiger partial charge in [-0.15, -0.1) is 0 Å². The molecule has 3 rings (SSSR count). The van der Waals surface area contributed by atoms with Crippen LogP contribution in [0.2, 0.25) is 0 Å². The molecule has 0 bridgehead atoms. The minimum absolute atomic E-state index is 0.209. The second kappa shape index (κ2) is 15.1. The Morgan fingerprint density at radius 1 is 1.18 bits per heavy atom. The summed E-state index contributed by atoms with van der Waals surface area (Å²) in [7, 11) is 1.51. The Kier molecular flexibility index (Phi) is 11.6. The Hall–Kier alpha value is -3.37. The van der Waals surface area contributed by atoms with E-state index in [4.69, 9.17) is 28.4 Å². The summed E-state index contributed by atoms with van der Waals surface area (Å²) in [5, 5.41) is 3.26. The van der Waals surface area contributed by atoms with E-state index in [2.05, 4.69) is 10.3 Å². The van der Waals surface area contributed by atoms with Gasteiger partial charge < -0.3 is 28.4 Å². The van der Waals surface area contributed by atoms with Crippen LogP contribution in [-0.4, -0.2) is 61.8 Å². The predicted molar refractivity (Wildman–Crippen MR) is 139 cm³/mol. The summed E-state index contributed by atoms with van der Waals surface area (Å²) in [4.78, 5) is 28.7. The summed E-state index contributed by atoms with van der Waals surface area (Å²) in [6, 6.07) is 10.7. The highest BCUT2D eigenvalue weighted by molar-refractivity contribution is 5.76. The van der Waals surface area contributed by atoms with E-state index in [9.17, 15) is 9.59 Å². The van der Waals surface area contributed by atoms with Crippen molar-refractivity contribution < 1.29 is 38.0 Å². The van der Waals surface area contributed by atoms with Crippen LogP contribution in [-0.2, 0) is 30.3 Å². The molecule has 0 spiro atoms. The maximum atomic E-state index is 13.2. The number of nitrogens with zero attached hydrogens (tertiary/aromatic N) is 1. The number of hydrogen-bond donors (Lipinski definition) is 1. The zero-order valence-corrected chi connectivity index (χ0v) is 22.5. The fourth-order valence-corrected chi connectivity index (χ4v) is 4.23. The fraction of sp³-hybridized carbons (Fsp3) is 0.536. The standard InChI is InChI=1S/C28H38N2O8/c1-5-16-34-26-19(2)37-28(32)22(12-9-13-25(26)38-21-10-7-6-8-11-21)30-17-23-27(36-18-35-20(3)31)24(33-4)14-15-29-23/h6-8,10-11,14-15,19,22,25-26,30H,5,9,12-13,16-18H2,1-4H3/t19-,22-,25-,26-/m0/s1. The first-order valence-electron chi connectivity index (χ1n) is 13.0. The molecule has 1 N–H and O–H groups in total. The molecule has 0 radical (unpaired) electrons. The number of para-hydroxylation sites is 1. The van der Waals surface area contributed by atoms with Gasteiger partial charge in [-0.3, -0.25) is 19.9 Å². The number of nitrogens with one attached hydrogen (secondary N) is 1. The Morgan fingerprint density at radius 3 is 2.68 bits per heavy atom. The molecule has 0 amide bonds. The Balaban J connectivity index is 1.72. The highest BCUT2D eigenvalue weighted by Gasteiger charge is 2.35. The van der Waals surface area contributed by atoms with Gasteiger partial charge in [0.1, 0.15) is 35.8 Å². The summed E-state index contributed by atoms with van der Waals surface area (Å²) in [6.45, 7) is 5.64. The molecule has 0 unspecified atom stereocenters. The van der Waals surface area contributed by atoms with Crippen LogP contribution in [0.1, 0.15) is 52.1 Å². The summed E-state index contributed by atoms with van der Waals surface area (Å²) >= 11 is 0. The van der Waals surface area contributed by atoms with Gasteiger partial charge >= 0.3 is 11.9 Å². The highest BCUT2D eigenvalue weighted by atomic mass is 16.7. The number of esters is 2. The number of carbonyl (C=O) groups is 2. The van der Waals surface area contributed by atoms with E-state index in [1.807, 2.05) is 44.2 Å². The largest absolute Gasteiger partial charge is 0.493 e. The third kappa shape index (κ3) is 8.59. The van der Waals surface area contributed by atoms with Crippen LogP contribution in [0.4, 0.5) is 0 Å². The molecule has 1 saturated heterocycles. The first-order chi connectivity index (χ1) is 18.4. The van der Waals surface area contributed by atoms with E-state index >= 15 is 0 Å². The topological polar surface area (TPSA) is 114 Å². The SMILES string of the molecule is CCCO[C@H]1[C@H](C)OC(=O)[C@@H](NCc2nccc(OC)c2OCOC(C)=O)CCC[C@@H]1Oc1ccccc1. The number of aromatic nitrogens is 1. The maximum Gasteiger partial charge on any atom is 0.323 e. The van der Waals surface area contributed by atoms with Gasteiger partial charge in [-0.05, 0) is 44.7 Å². The second-order valence-electron chi connectivity index (χ2n) is 9.00. The zero-order chi connectivity index (χ0) is 27.3. The third-order valence-electron chi connectivity index (χ3n) is 6.09.